The fraction of sp³-hybridized carbons (Fsp3) is 0.0714. The fourth-order valence-corrected chi connectivity index (χ4v) is 1.72. The lowest BCUT2D eigenvalue weighted by atomic mass is 9.92. The molecular weight excluding hydrogens is 215 g/mol. The second-order valence-corrected chi connectivity index (χ2v) is 3.75. The van der Waals surface area contributed by atoms with E-state index in [1.54, 1.807) is 42.5 Å². The van der Waals surface area contributed by atoms with Crippen LogP contribution in [-0.4, -0.2) is 0 Å². The zero-order valence-electron chi connectivity index (χ0n) is 9.10. The summed E-state index contributed by atoms with van der Waals surface area (Å²) in [5.74, 6) is -0.965. The van der Waals surface area contributed by atoms with E-state index >= 15 is 0 Å². The Morgan fingerprint density at radius 1 is 1.06 bits per heavy atom. The molecule has 2 aromatic rings. The maximum atomic E-state index is 13.6. The summed E-state index contributed by atoms with van der Waals surface area (Å²) >= 11 is 0. The summed E-state index contributed by atoms with van der Waals surface area (Å²) < 4.78 is 13.6. The van der Waals surface area contributed by atoms with Crippen LogP contribution in [0.1, 0.15) is 17.0 Å². The number of nitrogens with zero attached hydrogens (tertiary/aromatic N) is 1. The minimum Gasteiger partial charge on any atom is -0.399 e. The smallest absolute Gasteiger partial charge is 0.128 e. The molecule has 0 aromatic heterocycles. The third-order valence-corrected chi connectivity index (χ3v) is 2.62. The number of halogens is 1. The Labute approximate surface area is 99.1 Å². The van der Waals surface area contributed by atoms with Gasteiger partial charge >= 0.3 is 0 Å². The molecule has 1 atom stereocenters. The standard InChI is InChI=1S/C14H11FN2/c15-14-4-2-1-3-12(14)13(9-16)10-5-7-11(17)8-6-10/h1-8,13H,17H2. The Morgan fingerprint density at radius 3 is 2.29 bits per heavy atom. The zero-order chi connectivity index (χ0) is 12.3. The molecule has 0 fully saturated rings. The Bertz CT molecular complexity index is 555. The van der Waals surface area contributed by atoms with Crippen LogP contribution in [0.2, 0.25) is 0 Å². The van der Waals surface area contributed by atoms with Gasteiger partial charge in [-0.05, 0) is 23.8 Å². The Kier molecular flexibility index (Phi) is 3.06. The molecule has 2 rings (SSSR count). The maximum absolute atomic E-state index is 13.6. The minimum absolute atomic E-state index is 0.365. The first kappa shape index (κ1) is 11.2. The van der Waals surface area contributed by atoms with Gasteiger partial charge in [-0.15, -0.1) is 0 Å². The lowest BCUT2D eigenvalue weighted by Gasteiger charge is -2.10. The van der Waals surface area contributed by atoms with Crippen molar-refractivity contribution < 1.29 is 4.39 Å². The van der Waals surface area contributed by atoms with Crippen LogP contribution in [0.4, 0.5) is 10.1 Å². The number of nitrogen functional groups attached to an aromatic ring is 1. The number of hydrogen-bond donors (Lipinski definition) is 1. The van der Waals surface area contributed by atoms with Crippen molar-refractivity contribution in [1.82, 2.24) is 0 Å². The maximum Gasteiger partial charge on any atom is 0.128 e. The van der Waals surface area contributed by atoms with Crippen molar-refractivity contribution in [2.45, 2.75) is 5.92 Å². The number of rotatable bonds is 2. The van der Waals surface area contributed by atoms with Gasteiger partial charge in [-0.1, -0.05) is 30.3 Å². The third kappa shape index (κ3) is 2.26. The highest BCUT2D eigenvalue weighted by atomic mass is 19.1. The topological polar surface area (TPSA) is 49.8 Å². The van der Waals surface area contributed by atoms with Gasteiger partial charge in [0.2, 0.25) is 0 Å². The van der Waals surface area contributed by atoms with Crippen LogP contribution < -0.4 is 5.73 Å². The van der Waals surface area contributed by atoms with E-state index in [9.17, 15) is 9.65 Å². The van der Waals surface area contributed by atoms with E-state index in [4.69, 9.17) is 5.73 Å². The van der Waals surface area contributed by atoms with E-state index in [1.165, 1.54) is 6.07 Å². The largest absolute Gasteiger partial charge is 0.399 e. The molecule has 0 aliphatic carbocycles. The molecule has 17 heavy (non-hydrogen) atoms. The number of anilines is 1. The molecule has 0 saturated carbocycles. The van der Waals surface area contributed by atoms with Crippen molar-refractivity contribution in [1.29, 1.82) is 5.26 Å². The summed E-state index contributed by atoms with van der Waals surface area (Å²) in [5.41, 5.74) is 7.34. The van der Waals surface area contributed by atoms with Gasteiger partial charge in [0, 0.05) is 11.3 Å². The van der Waals surface area contributed by atoms with Crippen LogP contribution in [0.15, 0.2) is 48.5 Å². The Hall–Kier alpha value is -2.34. The molecule has 0 saturated heterocycles. The normalized spacial score (nSPS) is 11.8. The summed E-state index contributed by atoms with van der Waals surface area (Å²) in [4.78, 5) is 0. The Morgan fingerprint density at radius 2 is 1.71 bits per heavy atom. The molecule has 0 spiro atoms. The summed E-state index contributed by atoms with van der Waals surface area (Å²) in [7, 11) is 0. The molecule has 0 radical (unpaired) electrons. The van der Waals surface area contributed by atoms with E-state index in [-0.39, 0.29) is 5.82 Å². The van der Waals surface area contributed by atoms with Crippen LogP contribution in [0, 0.1) is 17.1 Å². The van der Waals surface area contributed by atoms with Crippen LogP contribution in [-0.2, 0) is 0 Å². The van der Waals surface area contributed by atoms with Gasteiger partial charge < -0.3 is 5.73 Å². The fourth-order valence-electron chi connectivity index (χ4n) is 1.72. The quantitative estimate of drug-likeness (QED) is 0.800. The van der Waals surface area contributed by atoms with Crippen molar-refractivity contribution >= 4 is 5.69 Å². The van der Waals surface area contributed by atoms with E-state index in [0.717, 1.165) is 5.56 Å². The van der Waals surface area contributed by atoms with Gasteiger partial charge in [0.15, 0.2) is 0 Å². The molecule has 0 aliphatic rings. The lowest BCUT2D eigenvalue weighted by Crippen LogP contribution is -2.01. The highest BCUT2D eigenvalue weighted by Gasteiger charge is 2.16. The van der Waals surface area contributed by atoms with Crippen molar-refractivity contribution in [2.75, 3.05) is 5.73 Å². The van der Waals surface area contributed by atoms with Gasteiger partial charge in [0.05, 0.1) is 12.0 Å². The highest BCUT2D eigenvalue weighted by molar-refractivity contribution is 5.45. The van der Waals surface area contributed by atoms with Gasteiger partial charge in [-0.3, -0.25) is 0 Å². The van der Waals surface area contributed by atoms with Gasteiger partial charge in [0.25, 0.3) is 0 Å². The zero-order valence-corrected chi connectivity index (χ0v) is 9.10. The molecule has 2 nitrogen and oxygen atoms in total. The van der Waals surface area contributed by atoms with Crippen LogP contribution in [0.5, 0.6) is 0 Å². The molecule has 1 unspecified atom stereocenters. The molecule has 0 aliphatic heterocycles. The average Bonchev–Trinajstić information content (AvgIpc) is 2.35. The molecule has 84 valence electrons. The second-order valence-electron chi connectivity index (χ2n) is 3.75. The molecule has 3 heteroatoms. The van der Waals surface area contributed by atoms with Gasteiger partial charge in [-0.2, -0.15) is 5.26 Å². The number of nitriles is 1. The third-order valence-electron chi connectivity index (χ3n) is 2.62. The first-order chi connectivity index (χ1) is 8.22. The van der Waals surface area contributed by atoms with Crippen molar-refractivity contribution in [3.05, 3.63) is 65.5 Å². The van der Waals surface area contributed by atoms with E-state index in [1.807, 2.05) is 0 Å². The first-order valence-corrected chi connectivity index (χ1v) is 5.22. The van der Waals surface area contributed by atoms with Crippen LogP contribution in [0.25, 0.3) is 0 Å². The first-order valence-electron chi connectivity index (χ1n) is 5.22. The van der Waals surface area contributed by atoms with E-state index in [0.29, 0.717) is 11.3 Å². The highest BCUT2D eigenvalue weighted by Crippen LogP contribution is 2.26. The summed E-state index contributed by atoms with van der Waals surface area (Å²) in [6.45, 7) is 0. The average molecular weight is 226 g/mol. The summed E-state index contributed by atoms with van der Waals surface area (Å²) in [6.07, 6.45) is 0. The van der Waals surface area contributed by atoms with Crippen LogP contribution in [0.3, 0.4) is 0 Å². The summed E-state index contributed by atoms with van der Waals surface area (Å²) in [6, 6.07) is 15.3. The molecule has 2 aromatic carbocycles. The molecule has 0 heterocycles. The predicted molar refractivity (Wildman–Crippen MR) is 64.7 cm³/mol. The van der Waals surface area contributed by atoms with Crippen molar-refractivity contribution in [2.24, 2.45) is 0 Å². The van der Waals surface area contributed by atoms with Gasteiger partial charge in [-0.25, -0.2) is 4.39 Å². The molecule has 0 bridgehead atoms. The van der Waals surface area contributed by atoms with E-state index in [2.05, 4.69) is 6.07 Å². The SMILES string of the molecule is N#CC(c1ccc(N)cc1)c1ccccc1F. The molecular formula is C14H11FN2. The van der Waals surface area contributed by atoms with Crippen molar-refractivity contribution in [3.8, 4) is 6.07 Å². The molecule has 0 amide bonds. The number of nitrogens with two attached hydrogens (primary N) is 1. The lowest BCUT2D eigenvalue weighted by molar-refractivity contribution is 0.609. The number of benzene rings is 2. The second kappa shape index (κ2) is 4.67. The van der Waals surface area contributed by atoms with Crippen molar-refractivity contribution in [3.63, 3.8) is 0 Å². The Balaban J connectivity index is 2.45. The monoisotopic (exact) mass is 226 g/mol. The number of hydrogen-bond acceptors (Lipinski definition) is 2. The predicted octanol–water partition coefficient (Wildman–Crippen LogP) is 3.06. The molecule has 2 N–H and O–H groups in total. The van der Waals surface area contributed by atoms with E-state index < -0.39 is 5.92 Å². The van der Waals surface area contributed by atoms with Gasteiger partial charge in [0.1, 0.15) is 5.82 Å². The summed E-state index contributed by atoms with van der Waals surface area (Å²) in [5, 5.41) is 9.18. The van der Waals surface area contributed by atoms with Crippen LogP contribution >= 0.6 is 0 Å². The minimum atomic E-state index is -0.600.